The van der Waals surface area contributed by atoms with Crippen molar-refractivity contribution in [2.75, 3.05) is 6.54 Å². The van der Waals surface area contributed by atoms with E-state index in [2.05, 4.69) is 11.9 Å². The van der Waals surface area contributed by atoms with Crippen LogP contribution in [-0.2, 0) is 9.59 Å². The Labute approximate surface area is 95.7 Å². The van der Waals surface area contributed by atoms with Crippen LogP contribution in [0.25, 0.3) is 0 Å². The van der Waals surface area contributed by atoms with Crippen molar-refractivity contribution in [1.29, 1.82) is 0 Å². The molecule has 0 aliphatic heterocycles. The quantitative estimate of drug-likeness (QED) is 0.549. The van der Waals surface area contributed by atoms with Gasteiger partial charge in [-0.3, -0.25) is 4.79 Å². The van der Waals surface area contributed by atoms with Gasteiger partial charge in [-0.25, -0.2) is 4.79 Å². The lowest BCUT2D eigenvalue weighted by Gasteiger charge is -2.21. The predicted octanol–water partition coefficient (Wildman–Crippen LogP) is 0.363. The topological polar surface area (TPSA) is 92.4 Å². The summed E-state index contributed by atoms with van der Waals surface area (Å²) < 4.78 is 0. The molecule has 0 saturated heterocycles. The van der Waals surface area contributed by atoms with Crippen molar-refractivity contribution in [3.63, 3.8) is 0 Å². The van der Waals surface area contributed by atoms with Crippen molar-refractivity contribution < 1.29 is 14.7 Å². The molecular weight excluding hydrogens is 208 g/mol. The van der Waals surface area contributed by atoms with Crippen LogP contribution in [-0.4, -0.2) is 29.6 Å². The van der Waals surface area contributed by atoms with Gasteiger partial charge in [0.1, 0.15) is 6.04 Å². The Bertz CT molecular complexity index is 264. The number of amides is 1. The summed E-state index contributed by atoms with van der Waals surface area (Å²) in [6.07, 6.45) is 1.67. The average Bonchev–Trinajstić information content (AvgIpc) is 2.17. The third-order valence-electron chi connectivity index (χ3n) is 2.41. The highest BCUT2D eigenvalue weighted by Crippen LogP contribution is 2.09. The average molecular weight is 228 g/mol. The number of nitrogens with two attached hydrogens (primary N) is 1. The second-order valence-electron chi connectivity index (χ2n) is 4.01. The first-order valence-electron chi connectivity index (χ1n) is 5.28. The zero-order valence-electron chi connectivity index (χ0n) is 9.77. The second kappa shape index (κ2) is 7.00. The maximum atomic E-state index is 11.7. The lowest BCUT2D eigenvalue weighted by atomic mass is 9.94. The molecule has 1 amide bonds. The van der Waals surface area contributed by atoms with Crippen molar-refractivity contribution in [2.45, 2.75) is 26.3 Å². The van der Waals surface area contributed by atoms with E-state index in [1.54, 1.807) is 0 Å². The summed E-state index contributed by atoms with van der Waals surface area (Å²) in [4.78, 5) is 22.5. The van der Waals surface area contributed by atoms with Crippen LogP contribution in [0.5, 0.6) is 0 Å². The number of hydrogen-bond donors (Lipinski definition) is 3. The lowest BCUT2D eigenvalue weighted by molar-refractivity contribution is -0.142. The Hall–Kier alpha value is -1.36. The van der Waals surface area contributed by atoms with Crippen LogP contribution < -0.4 is 11.1 Å². The van der Waals surface area contributed by atoms with Gasteiger partial charge in [0.2, 0.25) is 5.91 Å². The summed E-state index contributed by atoms with van der Waals surface area (Å²) in [5.41, 5.74) is 5.47. The SMILES string of the molecule is C=CCC(NC(=O)C(CN)C(C)C)C(=O)O. The maximum absolute atomic E-state index is 11.7. The lowest BCUT2D eigenvalue weighted by Crippen LogP contribution is -2.46. The van der Waals surface area contributed by atoms with Crippen molar-refractivity contribution in [1.82, 2.24) is 5.32 Å². The summed E-state index contributed by atoms with van der Waals surface area (Å²) in [7, 11) is 0. The van der Waals surface area contributed by atoms with E-state index in [4.69, 9.17) is 10.8 Å². The van der Waals surface area contributed by atoms with Gasteiger partial charge in [0.15, 0.2) is 0 Å². The third-order valence-corrected chi connectivity index (χ3v) is 2.41. The van der Waals surface area contributed by atoms with Crippen LogP contribution in [0.2, 0.25) is 0 Å². The van der Waals surface area contributed by atoms with Gasteiger partial charge < -0.3 is 16.2 Å². The van der Waals surface area contributed by atoms with Crippen molar-refractivity contribution >= 4 is 11.9 Å². The Morgan fingerprint density at radius 3 is 2.38 bits per heavy atom. The van der Waals surface area contributed by atoms with Gasteiger partial charge in [-0.1, -0.05) is 19.9 Å². The van der Waals surface area contributed by atoms with E-state index in [-0.39, 0.29) is 30.7 Å². The molecule has 0 aliphatic rings. The molecule has 16 heavy (non-hydrogen) atoms. The van der Waals surface area contributed by atoms with Crippen LogP contribution in [0.4, 0.5) is 0 Å². The molecule has 0 radical (unpaired) electrons. The highest BCUT2D eigenvalue weighted by atomic mass is 16.4. The highest BCUT2D eigenvalue weighted by molar-refractivity contribution is 5.85. The fourth-order valence-electron chi connectivity index (χ4n) is 1.35. The standard InChI is InChI=1S/C11H20N2O3/c1-4-5-9(11(15)16)13-10(14)8(6-12)7(2)3/h4,7-9H,1,5-6,12H2,2-3H3,(H,13,14)(H,15,16). The Morgan fingerprint density at radius 1 is 1.50 bits per heavy atom. The molecule has 0 fully saturated rings. The van der Waals surface area contributed by atoms with E-state index >= 15 is 0 Å². The third kappa shape index (κ3) is 4.44. The van der Waals surface area contributed by atoms with Crippen LogP contribution in [0.15, 0.2) is 12.7 Å². The molecule has 4 N–H and O–H groups in total. The van der Waals surface area contributed by atoms with Gasteiger partial charge in [-0.05, 0) is 12.3 Å². The summed E-state index contributed by atoms with van der Waals surface area (Å²) >= 11 is 0. The van der Waals surface area contributed by atoms with Gasteiger partial charge in [-0.15, -0.1) is 6.58 Å². The molecule has 0 heterocycles. The van der Waals surface area contributed by atoms with E-state index in [1.807, 2.05) is 13.8 Å². The van der Waals surface area contributed by atoms with E-state index in [0.29, 0.717) is 0 Å². The fraction of sp³-hybridized carbons (Fsp3) is 0.636. The number of hydrogen-bond acceptors (Lipinski definition) is 3. The number of carbonyl (C=O) groups excluding carboxylic acids is 1. The van der Waals surface area contributed by atoms with E-state index in [0.717, 1.165) is 0 Å². The van der Waals surface area contributed by atoms with E-state index in [1.165, 1.54) is 6.08 Å². The minimum Gasteiger partial charge on any atom is -0.480 e. The predicted molar refractivity (Wildman–Crippen MR) is 61.8 cm³/mol. The fourth-order valence-corrected chi connectivity index (χ4v) is 1.35. The number of carboxylic acid groups (broad SMARTS) is 1. The molecule has 5 nitrogen and oxygen atoms in total. The second-order valence-corrected chi connectivity index (χ2v) is 4.01. The Morgan fingerprint density at radius 2 is 2.06 bits per heavy atom. The molecule has 0 aromatic heterocycles. The molecule has 2 unspecified atom stereocenters. The van der Waals surface area contributed by atoms with Gasteiger partial charge in [0.25, 0.3) is 0 Å². The Kier molecular flexibility index (Phi) is 6.41. The number of aliphatic carboxylic acids is 1. The summed E-state index contributed by atoms with van der Waals surface area (Å²) in [5, 5.41) is 11.3. The summed E-state index contributed by atoms with van der Waals surface area (Å²) in [6, 6.07) is -0.919. The summed E-state index contributed by atoms with van der Waals surface area (Å²) in [5.74, 6) is -1.64. The molecule has 92 valence electrons. The smallest absolute Gasteiger partial charge is 0.326 e. The van der Waals surface area contributed by atoms with Crippen LogP contribution in [0.1, 0.15) is 20.3 Å². The van der Waals surface area contributed by atoms with Crippen LogP contribution in [0, 0.1) is 11.8 Å². The van der Waals surface area contributed by atoms with E-state index < -0.39 is 12.0 Å². The zero-order chi connectivity index (χ0) is 12.7. The molecule has 0 aromatic rings. The molecule has 2 atom stereocenters. The molecule has 0 bridgehead atoms. The number of nitrogens with one attached hydrogen (secondary N) is 1. The number of carbonyl (C=O) groups is 2. The van der Waals surface area contributed by atoms with Crippen molar-refractivity contribution in [2.24, 2.45) is 17.6 Å². The maximum Gasteiger partial charge on any atom is 0.326 e. The molecule has 0 spiro atoms. The minimum absolute atomic E-state index is 0.0863. The van der Waals surface area contributed by atoms with Gasteiger partial charge in [0, 0.05) is 6.54 Å². The van der Waals surface area contributed by atoms with Gasteiger partial charge >= 0.3 is 5.97 Å². The Balaban J connectivity index is 4.49. The van der Waals surface area contributed by atoms with Crippen molar-refractivity contribution in [3.8, 4) is 0 Å². The molecule has 0 saturated carbocycles. The normalized spacial score (nSPS) is 14.2. The van der Waals surface area contributed by atoms with Gasteiger partial charge in [-0.2, -0.15) is 0 Å². The van der Waals surface area contributed by atoms with Crippen LogP contribution in [0.3, 0.4) is 0 Å². The molecular formula is C11H20N2O3. The highest BCUT2D eigenvalue weighted by Gasteiger charge is 2.25. The minimum atomic E-state index is -1.06. The first-order chi connectivity index (χ1) is 7.43. The van der Waals surface area contributed by atoms with E-state index in [9.17, 15) is 9.59 Å². The number of carboxylic acids is 1. The zero-order valence-corrected chi connectivity index (χ0v) is 9.77. The van der Waals surface area contributed by atoms with Gasteiger partial charge in [0.05, 0.1) is 5.92 Å². The molecule has 0 aliphatic carbocycles. The largest absolute Gasteiger partial charge is 0.480 e. The first kappa shape index (κ1) is 14.6. The van der Waals surface area contributed by atoms with Crippen molar-refractivity contribution in [3.05, 3.63) is 12.7 Å². The molecule has 0 rings (SSSR count). The first-order valence-corrected chi connectivity index (χ1v) is 5.28. The number of rotatable bonds is 7. The monoisotopic (exact) mass is 228 g/mol. The van der Waals surface area contributed by atoms with Crippen LogP contribution >= 0.6 is 0 Å². The molecule has 5 heteroatoms. The summed E-state index contributed by atoms with van der Waals surface area (Å²) in [6.45, 7) is 7.41. The molecule has 0 aromatic carbocycles.